The van der Waals surface area contributed by atoms with Crippen LogP contribution in [0.25, 0.3) is 0 Å². The number of fused-ring (bicyclic) bond motifs is 2. The first kappa shape index (κ1) is 33.2. The van der Waals surface area contributed by atoms with E-state index in [9.17, 15) is 32.7 Å². The van der Waals surface area contributed by atoms with E-state index in [0.717, 1.165) is 12.1 Å². The predicted octanol–water partition coefficient (Wildman–Crippen LogP) is 5.46. The van der Waals surface area contributed by atoms with Crippen molar-refractivity contribution in [3.8, 4) is 17.2 Å². The lowest BCUT2D eigenvalue weighted by Gasteiger charge is -2.38. The minimum atomic E-state index is -4.50. The van der Waals surface area contributed by atoms with Crippen LogP contribution in [0.1, 0.15) is 29.8 Å². The van der Waals surface area contributed by atoms with E-state index in [-0.39, 0.29) is 49.4 Å². The van der Waals surface area contributed by atoms with E-state index in [1.807, 2.05) is 6.92 Å². The Morgan fingerprint density at radius 2 is 1.57 bits per heavy atom. The Bertz CT molecular complexity index is 1640. The van der Waals surface area contributed by atoms with E-state index in [1.54, 1.807) is 37.3 Å². The normalized spacial score (nSPS) is 17.9. The van der Waals surface area contributed by atoms with Crippen molar-refractivity contribution in [3.63, 3.8) is 0 Å². The van der Waals surface area contributed by atoms with Gasteiger partial charge in [-0.1, -0.05) is 6.92 Å². The minimum Gasteiger partial charge on any atom is -0.487 e. The van der Waals surface area contributed by atoms with Gasteiger partial charge in [0.25, 0.3) is 5.91 Å². The summed E-state index contributed by atoms with van der Waals surface area (Å²) in [6, 6.07) is 11.9. The van der Waals surface area contributed by atoms with Crippen molar-refractivity contribution < 1.29 is 46.9 Å². The van der Waals surface area contributed by atoms with Crippen LogP contribution < -0.4 is 30.2 Å². The van der Waals surface area contributed by atoms with Crippen LogP contribution in [0, 0.1) is 5.92 Å². The summed E-state index contributed by atoms with van der Waals surface area (Å²) in [5, 5.41) is 17.9. The number of carbonyl (C=O) groups excluding carboxylic acids is 3. The quantitative estimate of drug-likeness (QED) is 0.264. The Kier molecular flexibility index (Phi) is 9.65. The molecule has 2 aliphatic rings. The number of hydrogen-bond acceptors (Lipinski definition) is 7. The molecule has 0 saturated heterocycles. The number of nitrogens with zero attached hydrogens (tertiary/aromatic N) is 2. The van der Waals surface area contributed by atoms with Crippen LogP contribution in [0.5, 0.6) is 17.2 Å². The summed E-state index contributed by atoms with van der Waals surface area (Å²) in [7, 11) is 1.51. The molecule has 2 heterocycles. The second-order valence-electron chi connectivity index (χ2n) is 11.4. The molecular weight excluding hydrogens is 623 g/mol. The van der Waals surface area contributed by atoms with Crippen LogP contribution in [0.2, 0.25) is 0 Å². The fraction of sp³-hybridized carbons (Fsp3) is 0.344. The molecule has 47 heavy (non-hydrogen) atoms. The smallest absolute Gasteiger partial charge is 0.416 e. The molecular formula is C32H34F3N5O7. The third-order valence-corrected chi connectivity index (χ3v) is 7.82. The van der Waals surface area contributed by atoms with E-state index in [4.69, 9.17) is 14.2 Å². The van der Waals surface area contributed by atoms with Gasteiger partial charge in [0.05, 0.1) is 30.3 Å². The van der Waals surface area contributed by atoms with Gasteiger partial charge in [-0.2, -0.15) is 13.2 Å². The molecule has 3 atom stereocenters. The maximum absolute atomic E-state index is 13.7. The monoisotopic (exact) mass is 657 g/mol. The van der Waals surface area contributed by atoms with Gasteiger partial charge in [0, 0.05) is 42.6 Å². The van der Waals surface area contributed by atoms with Gasteiger partial charge < -0.3 is 45.1 Å². The first-order chi connectivity index (χ1) is 22.3. The molecule has 0 radical (unpaired) electrons. The molecule has 4 N–H and O–H groups in total. The zero-order valence-electron chi connectivity index (χ0n) is 25.8. The number of hydrogen-bond donors (Lipinski definition) is 4. The molecule has 3 aromatic carbocycles. The number of halogens is 3. The number of urea groups is 2. The number of rotatable bonds is 7. The van der Waals surface area contributed by atoms with Gasteiger partial charge in [-0.3, -0.25) is 4.79 Å². The number of anilines is 3. The number of aliphatic hydroxyl groups excluding tert-OH is 1. The van der Waals surface area contributed by atoms with E-state index < -0.39 is 41.9 Å². The second kappa shape index (κ2) is 13.7. The molecule has 5 rings (SSSR count). The van der Waals surface area contributed by atoms with E-state index in [1.165, 1.54) is 35.0 Å². The summed E-state index contributed by atoms with van der Waals surface area (Å²) in [4.78, 5) is 42.3. The fourth-order valence-electron chi connectivity index (χ4n) is 5.10. The standard InChI is InChI=1S/C32H34F3N5O7/c1-18-14-40(19(2)16-41)29(42)24-12-22(36-30(43)37-23-9-11-26-27(13-23)46-17-45-26)8-10-25(24)47-28(18)15-39(3)31(44)38-21-6-4-20(5-7-21)32(33,34)35/h4-13,18-19,28,41H,14-17H2,1-3H3,(H,38,44)(H2,36,37,43)/t18-,19+,28+/m0/s1. The highest BCUT2D eigenvalue weighted by Gasteiger charge is 2.34. The van der Waals surface area contributed by atoms with Crippen LogP contribution >= 0.6 is 0 Å². The van der Waals surface area contributed by atoms with Crippen LogP contribution in [0.15, 0.2) is 60.7 Å². The van der Waals surface area contributed by atoms with Gasteiger partial charge in [0.2, 0.25) is 6.79 Å². The number of likely N-dealkylation sites (N-methyl/N-ethyl adjacent to an activating group) is 1. The summed E-state index contributed by atoms with van der Waals surface area (Å²) in [5.74, 6) is 0.542. The predicted molar refractivity (Wildman–Crippen MR) is 166 cm³/mol. The number of nitrogens with one attached hydrogen (secondary N) is 3. The number of amides is 5. The summed E-state index contributed by atoms with van der Waals surface area (Å²) < 4.78 is 55.7. The van der Waals surface area contributed by atoms with Gasteiger partial charge in [-0.15, -0.1) is 0 Å². The molecule has 0 aromatic heterocycles. The summed E-state index contributed by atoms with van der Waals surface area (Å²) in [5.41, 5.74) is 0.250. The molecule has 12 nitrogen and oxygen atoms in total. The Morgan fingerprint density at radius 1 is 0.957 bits per heavy atom. The number of carbonyl (C=O) groups is 3. The molecule has 0 saturated carbocycles. The maximum Gasteiger partial charge on any atom is 0.416 e. The lowest BCUT2D eigenvalue weighted by atomic mass is 9.99. The molecule has 0 spiro atoms. The average molecular weight is 658 g/mol. The molecule has 0 aliphatic carbocycles. The first-order valence-electron chi connectivity index (χ1n) is 14.7. The maximum atomic E-state index is 13.7. The molecule has 0 bridgehead atoms. The fourth-order valence-corrected chi connectivity index (χ4v) is 5.10. The van der Waals surface area contributed by atoms with Crippen LogP contribution in [-0.4, -0.2) is 78.6 Å². The van der Waals surface area contributed by atoms with Gasteiger partial charge in [0.15, 0.2) is 11.5 Å². The zero-order valence-corrected chi connectivity index (χ0v) is 25.8. The minimum absolute atomic E-state index is 0.0561. The number of benzene rings is 3. The van der Waals surface area contributed by atoms with Gasteiger partial charge in [-0.25, -0.2) is 9.59 Å². The molecule has 250 valence electrons. The van der Waals surface area contributed by atoms with Crippen molar-refractivity contribution in [2.45, 2.75) is 32.2 Å². The van der Waals surface area contributed by atoms with Crippen molar-refractivity contribution in [2.24, 2.45) is 5.92 Å². The van der Waals surface area contributed by atoms with Crippen molar-refractivity contribution in [1.82, 2.24) is 9.80 Å². The number of alkyl halides is 3. The molecule has 0 unspecified atom stereocenters. The Hall–Kier alpha value is -5.18. The Morgan fingerprint density at radius 3 is 2.23 bits per heavy atom. The topological polar surface area (TPSA) is 142 Å². The third kappa shape index (κ3) is 7.80. The van der Waals surface area contributed by atoms with Gasteiger partial charge >= 0.3 is 18.2 Å². The van der Waals surface area contributed by atoms with E-state index in [0.29, 0.717) is 22.9 Å². The summed E-state index contributed by atoms with van der Waals surface area (Å²) in [6.45, 7) is 3.57. The van der Waals surface area contributed by atoms with E-state index >= 15 is 0 Å². The Labute approximate surface area is 268 Å². The van der Waals surface area contributed by atoms with Crippen molar-refractivity contribution >= 4 is 35.0 Å². The van der Waals surface area contributed by atoms with E-state index in [2.05, 4.69) is 16.0 Å². The highest BCUT2D eigenvalue weighted by atomic mass is 19.4. The summed E-state index contributed by atoms with van der Waals surface area (Å²) in [6.07, 6.45) is -5.13. The average Bonchev–Trinajstić information content (AvgIpc) is 3.50. The number of ether oxygens (including phenoxy) is 3. The highest BCUT2D eigenvalue weighted by molar-refractivity contribution is 6.02. The molecule has 3 aromatic rings. The van der Waals surface area contributed by atoms with Crippen LogP contribution in [-0.2, 0) is 6.18 Å². The molecule has 5 amide bonds. The lowest BCUT2D eigenvalue weighted by Crippen LogP contribution is -2.50. The lowest BCUT2D eigenvalue weighted by molar-refractivity contribution is -0.137. The van der Waals surface area contributed by atoms with Crippen molar-refractivity contribution in [3.05, 3.63) is 71.8 Å². The number of aliphatic hydroxyl groups is 1. The SMILES string of the molecule is C[C@H](CO)N1C[C@H](C)[C@@H](CN(C)C(=O)Nc2ccc(C(F)(F)F)cc2)Oc2ccc(NC(=O)Nc3ccc4c(c3)OCO4)cc2C1=O. The van der Waals surface area contributed by atoms with Crippen LogP contribution in [0.3, 0.4) is 0 Å². The first-order valence-corrected chi connectivity index (χ1v) is 14.7. The zero-order chi connectivity index (χ0) is 33.9. The highest BCUT2D eigenvalue weighted by Crippen LogP contribution is 2.35. The molecule has 2 aliphatic heterocycles. The third-order valence-electron chi connectivity index (χ3n) is 7.82. The van der Waals surface area contributed by atoms with Crippen molar-refractivity contribution in [2.75, 3.05) is 49.5 Å². The summed E-state index contributed by atoms with van der Waals surface area (Å²) >= 11 is 0. The molecule has 0 fully saturated rings. The van der Waals surface area contributed by atoms with Crippen molar-refractivity contribution in [1.29, 1.82) is 0 Å². The largest absolute Gasteiger partial charge is 0.487 e. The molecule has 15 heteroatoms. The Balaban J connectivity index is 1.31. The van der Waals surface area contributed by atoms with Crippen LogP contribution in [0.4, 0.5) is 39.8 Å². The second-order valence-corrected chi connectivity index (χ2v) is 11.4. The van der Waals surface area contributed by atoms with Gasteiger partial charge in [-0.05, 0) is 61.5 Å². The van der Waals surface area contributed by atoms with Gasteiger partial charge in [0.1, 0.15) is 11.9 Å².